The lowest BCUT2D eigenvalue weighted by Gasteiger charge is -2.37. The first-order valence-electron chi connectivity index (χ1n) is 6.86. The average Bonchev–Trinajstić information content (AvgIpc) is 2.28. The third kappa shape index (κ3) is 2.98. The Labute approximate surface area is 99.1 Å². The normalized spacial score (nSPS) is 41.2. The quantitative estimate of drug-likeness (QED) is 0.758. The van der Waals surface area contributed by atoms with Gasteiger partial charge in [0.05, 0.1) is 12.2 Å². The molecule has 93 valence electrons. The molecule has 0 saturated heterocycles. The summed E-state index contributed by atoms with van der Waals surface area (Å²) >= 11 is 0. The van der Waals surface area contributed by atoms with Gasteiger partial charge in [-0.3, -0.25) is 0 Å². The molecule has 2 rings (SSSR count). The van der Waals surface area contributed by atoms with Gasteiger partial charge in [0.15, 0.2) is 0 Å². The van der Waals surface area contributed by atoms with Crippen molar-refractivity contribution in [3.63, 3.8) is 0 Å². The summed E-state index contributed by atoms with van der Waals surface area (Å²) in [6.07, 6.45) is 8.54. The summed E-state index contributed by atoms with van der Waals surface area (Å²) in [4.78, 5) is 0. The van der Waals surface area contributed by atoms with E-state index in [1.165, 1.54) is 25.7 Å². The second-order valence-corrected chi connectivity index (χ2v) is 5.78. The Hall–Kier alpha value is -0.0800. The van der Waals surface area contributed by atoms with Crippen LogP contribution in [0.1, 0.15) is 58.3 Å². The van der Waals surface area contributed by atoms with Crippen LogP contribution in [-0.4, -0.2) is 22.4 Å². The van der Waals surface area contributed by atoms with E-state index in [2.05, 4.69) is 6.92 Å². The highest BCUT2D eigenvalue weighted by atomic mass is 16.3. The summed E-state index contributed by atoms with van der Waals surface area (Å²) in [6.45, 7) is 2.26. The van der Waals surface area contributed by atoms with Gasteiger partial charge in [0.2, 0.25) is 0 Å². The fourth-order valence-corrected chi connectivity index (χ4v) is 3.49. The molecule has 0 aromatic rings. The molecule has 2 fully saturated rings. The molecule has 0 amide bonds. The molecule has 0 aromatic heterocycles. The van der Waals surface area contributed by atoms with Crippen LogP contribution < -0.4 is 0 Å². The topological polar surface area (TPSA) is 40.5 Å². The maximum Gasteiger partial charge on any atom is 0.0543 e. The Morgan fingerprint density at radius 1 is 0.812 bits per heavy atom. The van der Waals surface area contributed by atoms with E-state index < -0.39 is 0 Å². The minimum atomic E-state index is -0.0813. The molecule has 0 bridgehead atoms. The lowest BCUT2D eigenvalue weighted by atomic mass is 9.69. The Morgan fingerprint density at radius 2 is 1.25 bits per heavy atom. The minimum absolute atomic E-state index is 0.0813. The van der Waals surface area contributed by atoms with Gasteiger partial charge in [-0.15, -0.1) is 0 Å². The number of aliphatic hydroxyl groups excluding tert-OH is 2. The van der Waals surface area contributed by atoms with Gasteiger partial charge in [-0.05, 0) is 56.3 Å². The second-order valence-electron chi connectivity index (χ2n) is 5.78. The van der Waals surface area contributed by atoms with Crippen LogP contribution in [0, 0.1) is 17.8 Å². The van der Waals surface area contributed by atoms with E-state index in [4.69, 9.17) is 0 Å². The zero-order chi connectivity index (χ0) is 11.5. The molecule has 2 heteroatoms. The monoisotopic (exact) mass is 225 g/mol. The van der Waals surface area contributed by atoms with Gasteiger partial charge in [-0.25, -0.2) is 0 Å². The third-order valence-corrected chi connectivity index (χ3v) is 4.58. The SMILES string of the molecule is C[C](C1CCCC(O)C1)C1CCCC(O)C1. The van der Waals surface area contributed by atoms with Crippen LogP contribution in [0.5, 0.6) is 0 Å². The van der Waals surface area contributed by atoms with Crippen LogP contribution in [0.25, 0.3) is 0 Å². The Balaban J connectivity index is 1.87. The molecule has 0 spiro atoms. The van der Waals surface area contributed by atoms with Gasteiger partial charge in [-0.1, -0.05) is 19.8 Å². The maximum atomic E-state index is 9.72. The second kappa shape index (κ2) is 5.50. The van der Waals surface area contributed by atoms with E-state index >= 15 is 0 Å². The van der Waals surface area contributed by atoms with Gasteiger partial charge in [-0.2, -0.15) is 0 Å². The molecule has 2 saturated carbocycles. The molecular weight excluding hydrogens is 200 g/mol. The first-order chi connectivity index (χ1) is 7.66. The molecule has 2 aliphatic rings. The van der Waals surface area contributed by atoms with Gasteiger partial charge < -0.3 is 10.2 Å². The maximum absolute atomic E-state index is 9.72. The van der Waals surface area contributed by atoms with E-state index in [-0.39, 0.29) is 12.2 Å². The van der Waals surface area contributed by atoms with Crippen molar-refractivity contribution < 1.29 is 10.2 Å². The summed E-state index contributed by atoms with van der Waals surface area (Å²) in [5.41, 5.74) is 0. The van der Waals surface area contributed by atoms with E-state index in [0.29, 0.717) is 11.8 Å². The zero-order valence-corrected chi connectivity index (χ0v) is 10.4. The van der Waals surface area contributed by atoms with Crippen LogP contribution in [0.4, 0.5) is 0 Å². The zero-order valence-electron chi connectivity index (χ0n) is 10.4. The van der Waals surface area contributed by atoms with Crippen LogP contribution in [-0.2, 0) is 0 Å². The summed E-state index contributed by atoms with van der Waals surface area (Å²) in [7, 11) is 0. The highest BCUT2D eigenvalue weighted by molar-refractivity contribution is 5.01. The predicted octanol–water partition coefficient (Wildman–Crippen LogP) is 2.68. The third-order valence-electron chi connectivity index (χ3n) is 4.58. The number of rotatable bonds is 2. The molecule has 16 heavy (non-hydrogen) atoms. The number of aliphatic hydroxyl groups is 2. The van der Waals surface area contributed by atoms with Gasteiger partial charge in [0, 0.05) is 0 Å². The van der Waals surface area contributed by atoms with Crippen LogP contribution in [0.2, 0.25) is 0 Å². The van der Waals surface area contributed by atoms with Gasteiger partial charge in [0.25, 0.3) is 0 Å². The van der Waals surface area contributed by atoms with Gasteiger partial charge in [0.1, 0.15) is 0 Å². The highest BCUT2D eigenvalue weighted by Gasteiger charge is 2.32. The van der Waals surface area contributed by atoms with E-state index in [1.54, 1.807) is 5.92 Å². The standard InChI is InChI=1S/C14H25O2/c1-10(11-4-2-6-13(15)8-11)12-5-3-7-14(16)9-12/h11-16H,2-9H2,1H3. The van der Waals surface area contributed by atoms with Crippen LogP contribution in [0.15, 0.2) is 0 Å². The smallest absolute Gasteiger partial charge is 0.0543 e. The first-order valence-corrected chi connectivity index (χ1v) is 6.86. The Kier molecular flexibility index (Phi) is 4.26. The van der Waals surface area contributed by atoms with Crippen molar-refractivity contribution in [1.82, 2.24) is 0 Å². The fraction of sp³-hybridized carbons (Fsp3) is 0.929. The Bertz CT molecular complexity index is 195. The molecular formula is C14H25O2. The average molecular weight is 225 g/mol. The first kappa shape index (κ1) is 12.4. The van der Waals surface area contributed by atoms with E-state index in [0.717, 1.165) is 25.7 Å². The van der Waals surface area contributed by atoms with Crippen LogP contribution in [0.3, 0.4) is 0 Å². The lowest BCUT2D eigenvalue weighted by molar-refractivity contribution is 0.0784. The van der Waals surface area contributed by atoms with Crippen molar-refractivity contribution in [3.05, 3.63) is 5.92 Å². The molecule has 4 atom stereocenters. The molecule has 1 radical (unpaired) electrons. The molecule has 2 nitrogen and oxygen atoms in total. The summed E-state index contributed by atoms with van der Waals surface area (Å²) in [6, 6.07) is 0. The van der Waals surface area contributed by atoms with Crippen molar-refractivity contribution in [2.24, 2.45) is 11.8 Å². The lowest BCUT2D eigenvalue weighted by Crippen LogP contribution is -2.31. The molecule has 2 aliphatic carbocycles. The van der Waals surface area contributed by atoms with Gasteiger partial charge >= 0.3 is 0 Å². The molecule has 0 aliphatic heterocycles. The van der Waals surface area contributed by atoms with Crippen molar-refractivity contribution in [2.45, 2.75) is 70.5 Å². The van der Waals surface area contributed by atoms with E-state index in [9.17, 15) is 10.2 Å². The molecule has 0 aromatic carbocycles. The largest absolute Gasteiger partial charge is 0.393 e. The highest BCUT2D eigenvalue weighted by Crippen LogP contribution is 2.40. The number of hydrogen-bond acceptors (Lipinski definition) is 2. The predicted molar refractivity (Wildman–Crippen MR) is 64.8 cm³/mol. The summed E-state index contributed by atoms with van der Waals surface area (Å²) in [5.74, 6) is 2.77. The summed E-state index contributed by atoms with van der Waals surface area (Å²) in [5, 5.41) is 19.4. The van der Waals surface area contributed by atoms with Crippen LogP contribution >= 0.6 is 0 Å². The Morgan fingerprint density at radius 3 is 1.62 bits per heavy atom. The van der Waals surface area contributed by atoms with Crippen molar-refractivity contribution in [1.29, 1.82) is 0 Å². The molecule has 0 heterocycles. The number of hydrogen-bond donors (Lipinski definition) is 2. The van der Waals surface area contributed by atoms with Crippen molar-refractivity contribution in [3.8, 4) is 0 Å². The summed E-state index contributed by atoms with van der Waals surface area (Å²) < 4.78 is 0. The minimum Gasteiger partial charge on any atom is -0.393 e. The van der Waals surface area contributed by atoms with E-state index in [1.807, 2.05) is 0 Å². The molecule has 2 N–H and O–H groups in total. The fourth-order valence-electron chi connectivity index (χ4n) is 3.49. The molecule has 4 unspecified atom stereocenters. The van der Waals surface area contributed by atoms with Crippen molar-refractivity contribution >= 4 is 0 Å². The van der Waals surface area contributed by atoms with Crippen molar-refractivity contribution in [2.75, 3.05) is 0 Å².